The summed E-state index contributed by atoms with van der Waals surface area (Å²) in [6.07, 6.45) is 6.05. The van der Waals surface area contributed by atoms with Gasteiger partial charge in [0.2, 0.25) is 0 Å². The second kappa shape index (κ2) is 6.74. The van der Waals surface area contributed by atoms with Crippen LogP contribution in [0.15, 0.2) is 35.3 Å². The lowest BCUT2D eigenvalue weighted by Gasteiger charge is -2.60. The highest BCUT2D eigenvalue weighted by Gasteiger charge is 2.62. The fourth-order valence-electron chi connectivity index (χ4n) is 6.46. The van der Waals surface area contributed by atoms with Crippen LogP contribution in [-0.2, 0) is 10.3 Å². The zero-order valence-corrected chi connectivity index (χ0v) is 17.5. The number of ether oxygens (including phenoxy) is 1. The van der Waals surface area contributed by atoms with Crippen molar-refractivity contribution in [3.8, 4) is 5.75 Å². The first-order valence-corrected chi connectivity index (χ1v) is 10.7. The van der Waals surface area contributed by atoms with Crippen molar-refractivity contribution < 1.29 is 14.6 Å². The second-order valence-electron chi connectivity index (χ2n) is 9.19. The molecule has 8 heteroatoms. The molecule has 4 aliphatic rings. The number of nitrogens with one attached hydrogen (secondary N) is 1. The van der Waals surface area contributed by atoms with E-state index in [2.05, 4.69) is 10.4 Å². The Bertz CT molecular complexity index is 1070. The minimum atomic E-state index is -0.744. The van der Waals surface area contributed by atoms with Gasteiger partial charge in [-0.05, 0) is 62.5 Å². The van der Waals surface area contributed by atoms with Gasteiger partial charge in [0.05, 0.1) is 35.6 Å². The maximum absolute atomic E-state index is 13.3. The number of methoxy groups -OCH3 is 1. The average molecular weight is 430 g/mol. The minimum Gasteiger partial charge on any atom is -0.495 e. The molecule has 0 saturated heterocycles. The summed E-state index contributed by atoms with van der Waals surface area (Å²) in [6.45, 7) is 0. The number of halogens is 1. The summed E-state index contributed by atoms with van der Waals surface area (Å²) in [5.41, 5.74) is -0.599. The van der Waals surface area contributed by atoms with Crippen molar-refractivity contribution in [2.24, 2.45) is 17.3 Å². The number of anilines is 2. The number of carboxylic acid groups (broad SMARTS) is 1. The van der Waals surface area contributed by atoms with Crippen LogP contribution >= 0.6 is 11.6 Å². The van der Waals surface area contributed by atoms with Gasteiger partial charge in [0, 0.05) is 0 Å². The molecule has 2 aromatic rings. The van der Waals surface area contributed by atoms with Gasteiger partial charge in [-0.3, -0.25) is 9.59 Å². The molecular formula is C22H24ClN3O4. The zero-order chi connectivity index (χ0) is 21.1. The molecule has 7 nitrogen and oxygen atoms in total. The lowest BCUT2D eigenvalue weighted by Crippen LogP contribution is -2.61. The molecule has 6 rings (SSSR count). The molecule has 0 aliphatic heterocycles. The number of hydrogen-bond donors (Lipinski definition) is 2. The largest absolute Gasteiger partial charge is 0.495 e. The van der Waals surface area contributed by atoms with Crippen LogP contribution < -0.4 is 15.6 Å². The normalized spacial score (nSPS) is 31.5. The van der Waals surface area contributed by atoms with Crippen molar-refractivity contribution in [3.63, 3.8) is 0 Å². The third-order valence-corrected chi connectivity index (χ3v) is 7.59. The first-order chi connectivity index (χ1) is 14.4. The summed E-state index contributed by atoms with van der Waals surface area (Å²) < 4.78 is 6.83. The van der Waals surface area contributed by atoms with Crippen LogP contribution in [0.25, 0.3) is 0 Å². The third kappa shape index (κ3) is 2.82. The zero-order valence-electron chi connectivity index (χ0n) is 16.7. The molecule has 2 unspecified atom stereocenters. The summed E-state index contributed by atoms with van der Waals surface area (Å²) >= 11 is 6.49. The number of aromatic nitrogens is 2. The molecule has 1 heterocycles. The van der Waals surface area contributed by atoms with E-state index >= 15 is 0 Å². The van der Waals surface area contributed by atoms with E-state index in [1.54, 1.807) is 13.3 Å². The number of carbonyl (C=O) groups is 1. The molecule has 0 spiro atoms. The maximum Gasteiger partial charge on any atom is 0.309 e. The first kappa shape index (κ1) is 19.4. The summed E-state index contributed by atoms with van der Waals surface area (Å²) in [5.74, 6) is 0.527. The monoisotopic (exact) mass is 429 g/mol. The van der Waals surface area contributed by atoms with E-state index in [4.69, 9.17) is 16.3 Å². The highest BCUT2D eigenvalue weighted by molar-refractivity contribution is 6.33. The van der Waals surface area contributed by atoms with E-state index in [-0.39, 0.29) is 10.6 Å². The lowest BCUT2D eigenvalue weighted by atomic mass is 9.47. The van der Waals surface area contributed by atoms with E-state index in [1.165, 1.54) is 4.68 Å². The van der Waals surface area contributed by atoms with Gasteiger partial charge < -0.3 is 15.2 Å². The van der Waals surface area contributed by atoms with Crippen LogP contribution in [0.2, 0.25) is 5.02 Å². The number of rotatable bonds is 5. The Morgan fingerprint density at radius 2 is 1.93 bits per heavy atom. The molecule has 4 aliphatic carbocycles. The van der Waals surface area contributed by atoms with Crippen LogP contribution in [0.3, 0.4) is 0 Å². The van der Waals surface area contributed by atoms with Gasteiger partial charge >= 0.3 is 5.97 Å². The Balaban J connectivity index is 1.53. The smallest absolute Gasteiger partial charge is 0.309 e. The Kier molecular flexibility index (Phi) is 4.36. The number of nitrogens with zero attached hydrogens (tertiary/aromatic N) is 2. The third-order valence-electron chi connectivity index (χ3n) is 7.23. The topological polar surface area (TPSA) is 93.4 Å². The summed E-state index contributed by atoms with van der Waals surface area (Å²) in [7, 11) is 1.57. The molecule has 0 amide bonds. The van der Waals surface area contributed by atoms with Crippen LogP contribution in [0.4, 0.5) is 11.4 Å². The van der Waals surface area contributed by atoms with Crippen molar-refractivity contribution in [3.05, 3.63) is 45.8 Å². The Morgan fingerprint density at radius 3 is 2.60 bits per heavy atom. The molecule has 2 atom stereocenters. The van der Waals surface area contributed by atoms with Gasteiger partial charge in [-0.25, -0.2) is 4.68 Å². The summed E-state index contributed by atoms with van der Waals surface area (Å²) in [6, 6.07) is 7.35. The molecule has 0 radical (unpaired) electrons. The molecule has 2 N–H and O–H groups in total. The quantitative estimate of drug-likeness (QED) is 0.745. The van der Waals surface area contributed by atoms with Crippen molar-refractivity contribution in [1.29, 1.82) is 0 Å². The van der Waals surface area contributed by atoms with Gasteiger partial charge in [-0.2, -0.15) is 5.10 Å². The molecule has 30 heavy (non-hydrogen) atoms. The van der Waals surface area contributed by atoms with E-state index in [9.17, 15) is 14.7 Å². The average Bonchev–Trinajstić information content (AvgIpc) is 2.70. The van der Waals surface area contributed by atoms with E-state index in [1.807, 2.05) is 24.3 Å². The van der Waals surface area contributed by atoms with Gasteiger partial charge in [0.15, 0.2) is 0 Å². The maximum atomic E-state index is 13.3. The molecule has 4 fully saturated rings. The first-order valence-electron chi connectivity index (χ1n) is 10.3. The molecule has 1 aromatic carbocycles. The fraction of sp³-hybridized carbons (Fsp3) is 0.500. The fourth-order valence-corrected chi connectivity index (χ4v) is 6.64. The molecule has 158 valence electrons. The minimum absolute atomic E-state index is 0.0519. The van der Waals surface area contributed by atoms with E-state index < -0.39 is 16.9 Å². The van der Waals surface area contributed by atoms with E-state index in [0.29, 0.717) is 48.2 Å². The van der Waals surface area contributed by atoms with E-state index in [0.717, 1.165) is 19.3 Å². The Hall–Kier alpha value is -2.54. The number of benzene rings is 1. The number of aliphatic carboxylic acids is 1. The molecular weight excluding hydrogens is 406 g/mol. The summed E-state index contributed by atoms with van der Waals surface area (Å²) in [4.78, 5) is 25.4. The molecule has 4 saturated carbocycles. The number of para-hydroxylation sites is 2. The molecule has 4 bridgehead atoms. The highest BCUT2D eigenvalue weighted by Crippen LogP contribution is 2.63. The van der Waals surface area contributed by atoms with Crippen LogP contribution in [0.1, 0.15) is 38.5 Å². The second-order valence-corrected chi connectivity index (χ2v) is 9.56. The van der Waals surface area contributed by atoms with Crippen molar-refractivity contribution in [1.82, 2.24) is 9.78 Å². The standard InChI is InChI=1S/C22H24ClN3O4/c1-30-17-5-3-2-4-15(17)25-16-11-24-26(19(27)18(16)23)22-9-13-6-14(10-22)8-21(7-13,12-22)20(28)29/h2-5,11,13-14,25H,6-10,12H2,1H3,(H,28,29). The van der Waals surface area contributed by atoms with Crippen molar-refractivity contribution >= 4 is 28.9 Å². The summed E-state index contributed by atoms with van der Waals surface area (Å²) in [5, 5.41) is 17.6. The Labute approximate surface area is 179 Å². The van der Waals surface area contributed by atoms with Gasteiger partial charge in [0.1, 0.15) is 10.8 Å². The van der Waals surface area contributed by atoms with Gasteiger partial charge in [-0.1, -0.05) is 23.7 Å². The van der Waals surface area contributed by atoms with Crippen molar-refractivity contribution in [2.75, 3.05) is 12.4 Å². The SMILES string of the molecule is COc1ccccc1Nc1cnn(C23CC4CC(CC(C(=O)O)(C4)C2)C3)c(=O)c1Cl. The highest BCUT2D eigenvalue weighted by atomic mass is 35.5. The lowest BCUT2D eigenvalue weighted by molar-refractivity contribution is -0.173. The predicted octanol–water partition coefficient (Wildman–Crippen LogP) is 4.03. The Morgan fingerprint density at radius 1 is 1.23 bits per heavy atom. The van der Waals surface area contributed by atoms with Crippen LogP contribution in [-0.4, -0.2) is 28.0 Å². The van der Waals surface area contributed by atoms with Gasteiger partial charge in [-0.15, -0.1) is 0 Å². The predicted molar refractivity (Wildman–Crippen MR) is 113 cm³/mol. The van der Waals surface area contributed by atoms with Crippen molar-refractivity contribution in [2.45, 2.75) is 44.1 Å². The molecule has 1 aromatic heterocycles. The number of carboxylic acids is 1. The van der Waals surface area contributed by atoms with Crippen LogP contribution in [0.5, 0.6) is 5.75 Å². The van der Waals surface area contributed by atoms with Gasteiger partial charge in [0.25, 0.3) is 5.56 Å². The number of hydrogen-bond acceptors (Lipinski definition) is 5. The van der Waals surface area contributed by atoms with Crippen LogP contribution in [0, 0.1) is 17.3 Å².